The van der Waals surface area contributed by atoms with E-state index >= 15 is 0 Å². The molecule has 134 valence electrons. The molecule has 1 aromatic carbocycles. The zero-order valence-corrected chi connectivity index (χ0v) is 14.3. The van der Waals surface area contributed by atoms with E-state index in [1.54, 1.807) is 13.8 Å². The number of sulfonamides is 1. The Hall–Kier alpha value is -2.88. The summed E-state index contributed by atoms with van der Waals surface area (Å²) in [6.45, 7) is 3.35. The molecule has 0 fully saturated rings. The minimum absolute atomic E-state index is 0.0146. The highest BCUT2D eigenvalue weighted by atomic mass is 32.2. The molecule has 0 saturated heterocycles. The van der Waals surface area contributed by atoms with Crippen molar-refractivity contribution in [1.29, 1.82) is 0 Å². The Morgan fingerprint density at radius 1 is 1.24 bits per heavy atom. The van der Waals surface area contributed by atoms with Gasteiger partial charge in [-0.2, -0.15) is 0 Å². The number of anilines is 2. The van der Waals surface area contributed by atoms with Crippen LogP contribution in [0.5, 0.6) is 5.75 Å². The summed E-state index contributed by atoms with van der Waals surface area (Å²) in [6.07, 6.45) is 2.34. The van der Waals surface area contributed by atoms with E-state index < -0.39 is 21.9 Å². The Kier molecular flexibility index (Phi) is 5.42. The molecule has 1 aromatic heterocycles. The van der Waals surface area contributed by atoms with Gasteiger partial charge in [-0.05, 0) is 32.0 Å². The van der Waals surface area contributed by atoms with Crippen molar-refractivity contribution in [2.75, 3.05) is 5.32 Å². The standard InChI is InChI=1S/C15H17FN4O4S/c1-9(2)18-15(22)20-25(23,24)14-8-17-6-5-11(14)19-12-7-10(16)3-4-13(12)21/h3-9,21H,1-2H3,(H,17,19)(H2,18,20,22). The van der Waals surface area contributed by atoms with Crippen molar-refractivity contribution in [3.8, 4) is 5.75 Å². The molecular weight excluding hydrogens is 351 g/mol. The first-order valence-electron chi connectivity index (χ1n) is 7.22. The van der Waals surface area contributed by atoms with E-state index in [-0.39, 0.29) is 28.1 Å². The summed E-state index contributed by atoms with van der Waals surface area (Å²) < 4.78 is 40.0. The van der Waals surface area contributed by atoms with Crippen molar-refractivity contribution in [2.45, 2.75) is 24.8 Å². The molecule has 2 rings (SSSR count). The SMILES string of the molecule is CC(C)NC(=O)NS(=O)(=O)c1cnccc1Nc1cc(F)ccc1O. The minimum atomic E-state index is -4.24. The molecule has 2 amide bonds. The summed E-state index contributed by atoms with van der Waals surface area (Å²) in [4.78, 5) is 15.1. The van der Waals surface area contributed by atoms with E-state index in [9.17, 15) is 22.7 Å². The Labute approximate surface area is 144 Å². The lowest BCUT2D eigenvalue weighted by atomic mass is 10.2. The van der Waals surface area contributed by atoms with Gasteiger partial charge < -0.3 is 15.7 Å². The van der Waals surface area contributed by atoms with Crippen LogP contribution in [0.1, 0.15) is 13.8 Å². The van der Waals surface area contributed by atoms with Gasteiger partial charge in [0.1, 0.15) is 16.5 Å². The highest BCUT2D eigenvalue weighted by molar-refractivity contribution is 7.90. The molecule has 4 N–H and O–H groups in total. The Bertz CT molecular complexity index is 887. The Morgan fingerprint density at radius 3 is 2.64 bits per heavy atom. The van der Waals surface area contributed by atoms with Crippen molar-refractivity contribution in [3.63, 3.8) is 0 Å². The van der Waals surface area contributed by atoms with Gasteiger partial charge in [-0.3, -0.25) is 4.98 Å². The first kappa shape index (κ1) is 18.5. The second kappa shape index (κ2) is 7.34. The van der Waals surface area contributed by atoms with E-state index in [1.165, 1.54) is 12.3 Å². The normalized spacial score (nSPS) is 11.2. The number of aromatic hydroxyl groups is 1. The van der Waals surface area contributed by atoms with Crippen molar-refractivity contribution in [3.05, 3.63) is 42.5 Å². The number of nitrogens with one attached hydrogen (secondary N) is 3. The molecule has 0 aliphatic rings. The minimum Gasteiger partial charge on any atom is -0.506 e. The van der Waals surface area contributed by atoms with Gasteiger partial charge in [-0.15, -0.1) is 0 Å². The molecule has 8 nitrogen and oxygen atoms in total. The van der Waals surface area contributed by atoms with Crippen LogP contribution >= 0.6 is 0 Å². The number of hydrogen-bond acceptors (Lipinski definition) is 6. The molecule has 0 bridgehead atoms. The van der Waals surface area contributed by atoms with Crippen molar-refractivity contribution in [1.82, 2.24) is 15.0 Å². The van der Waals surface area contributed by atoms with Gasteiger partial charge in [-0.25, -0.2) is 22.3 Å². The van der Waals surface area contributed by atoms with Crippen LogP contribution < -0.4 is 15.4 Å². The van der Waals surface area contributed by atoms with E-state index in [2.05, 4.69) is 15.6 Å². The third kappa shape index (κ3) is 4.80. The zero-order valence-electron chi connectivity index (χ0n) is 13.4. The molecule has 1 heterocycles. The number of pyridine rings is 1. The third-order valence-electron chi connectivity index (χ3n) is 2.95. The summed E-state index contributed by atoms with van der Waals surface area (Å²) in [5, 5.41) is 14.8. The monoisotopic (exact) mass is 368 g/mol. The fourth-order valence-corrected chi connectivity index (χ4v) is 2.94. The highest BCUT2D eigenvalue weighted by Gasteiger charge is 2.22. The molecule has 0 saturated carbocycles. The molecule has 0 atom stereocenters. The van der Waals surface area contributed by atoms with Crippen LogP contribution in [-0.4, -0.2) is 30.6 Å². The largest absolute Gasteiger partial charge is 0.506 e. The number of rotatable bonds is 5. The third-order valence-corrected chi connectivity index (χ3v) is 4.31. The van der Waals surface area contributed by atoms with E-state index in [0.29, 0.717) is 0 Å². The summed E-state index contributed by atoms with van der Waals surface area (Å²) in [5.41, 5.74) is -0.0185. The Balaban J connectivity index is 2.34. The fourth-order valence-electron chi connectivity index (χ4n) is 1.92. The first-order chi connectivity index (χ1) is 11.7. The number of amides is 2. The number of carbonyl (C=O) groups is 1. The second-order valence-corrected chi connectivity index (χ2v) is 7.04. The number of urea groups is 1. The maximum absolute atomic E-state index is 13.3. The maximum atomic E-state index is 13.3. The maximum Gasteiger partial charge on any atom is 0.328 e. The second-order valence-electron chi connectivity index (χ2n) is 5.39. The molecule has 0 unspecified atom stereocenters. The molecule has 0 aliphatic heterocycles. The number of aromatic nitrogens is 1. The van der Waals surface area contributed by atoms with E-state index in [1.807, 2.05) is 4.72 Å². The first-order valence-corrected chi connectivity index (χ1v) is 8.70. The lowest BCUT2D eigenvalue weighted by Gasteiger charge is -2.14. The van der Waals surface area contributed by atoms with Crippen LogP contribution in [0.2, 0.25) is 0 Å². The van der Waals surface area contributed by atoms with Crippen LogP contribution in [0.4, 0.5) is 20.6 Å². The zero-order chi connectivity index (χ0) is 18.6. The number of hydrogen-bond donors (Lipinski definition) is 4. The van der Waals surface area contributed by atoms with Crippen LogP contribution in [0.3, 0.4) is 0 Å². The van der Waals surface area contributed by atoms with Gasteiger partial charge in [0, 0.05) is 24.5 Å². The van der Waals surface area contributed by atoms with Gasteiger partial charge in [0.15, 0.2) is 0 Å². The Morgan fingerprint density at radius 2 is 1.96 bits per heavy atom. The predicted octanol–water partition coefficient (Wildman–Crippen LogP) is 2.07. The quantitative estimate of drug-likeness (QED) is 0.600. The van der Waals surface area contributed by atoms with Gasteiger partial charge in [-0.1, -0.05) is 0 Å². The number of phenols is 1. The lowest BCUT2D eigenvalue weighted by molar-refractivity contribution is 0.243. The van der Waals surface area contributed by atoms with Crippen molar-refractivity contribution in [2.24, 2.45) is 0 Å². The smallest absolute Gasteiger partial charge is 0.328 e. The molecular formula is C15H17FN4O4S. The number of carbonyl (C=O) groups excluding carboxylic acids is 1. The van der Waals surface area contributed by atoms with Gasteiger partial charge in [0.2, 0.25) is 0 Å². The van der Waals surface area contributed by atoms with Crippen LogP contribution in [0.25, 0.3) is 0 Å². The van der Waals surface area contributed by atoms with Gasteiger partial charge in [0.05, 0.1) is 11.4 Å². The summed E-state index contributed by atoms with van der Waals surface area (Å²) in [7, 11) is -4.24. The van der Waals surface area contributed by atoms with Crippen molar-refractivity contribution < 1.29 is 22.7 Å². The number of nitrogens with zero attached hydrogens (tertiary/aromatic N) is 1. The van der Waals surface area contributed by atoms with Crippen LogP contribution in [0, 0.1) is 5.82 Å². The number of phenolic OH excluding ortho intramolecular Hbond substituents is 1. The van der Waals surface area contributed by atoms with Crippen LogP contribution in [-0.2, 0) is 10.0 Å². The number of benzene rings is 1. The molecule has 0 aliphatic carbocycles. The predicted molar refractivity (Wildman–Crippen MR) is 89.6 cm³/mol. The lowest BCUT2D eigenvalue weighted by Crippen LogP contribution is -2.42. The van der Waals surface area contributed by atoms with Gasteiger partial charge in [0.25, 0.3) is 10.0 Å². The topological polar surface area (TPSA) is 120 Å². The average molecular weight is 368 g/mol. The molecule has 0 spiro atoms. The van der Waals surface area contributed by atoms with Gasteiger partial charge >= 0.3 is 6.03 Å². The molecule has 2 aromatic rings. The van der Waals surface area contributed by atoms with E-state index in [0.717, 1.165) is 24.4 Å². The summed E-state index contributed by atoms with van der Waals surface area (Å²) in [6, 6.07) is 3.36. The summed E-state index contributed by atoms with van der Waals surface area (Å²) in [5.74, 6) is -0.889. The van der Waals surface area contributed by atoms with Crippen molar-refractivity contribution >= 4 is 27.4 Å². The molecule has 25 heavy (non-hydrogen) atoms. The van der Waals surface area contributed by atoms with Crippen LogP contribution in [0.15, 0.2) is 41.6 Å². The fraction of sp³-hybridized carbons (Fsp3) is 0.200. The molecule has 0 radical (unpaired) electrons. The highest BCUT2D eigenvalue weighted by Crippen LogP contribution is 2.30. The number of halogens is 1. The summed E-state index contributed by atoms with van der Waals surface area (Å²) >= 11 is 0. The molecule has 10 heteroatoms. The average Bonchev–Trinajstić information content (AvgIpc) is 2.50. The van der Waals surface area contributed by atoms with E-state index in [4.69, 9.17) is 0 Å².